The fourth-order valence-electron chi connectivity index (χ4n) is 2.14. The third kappa shape index (κ3) is 1.45. The van der Waals surface area contributed by atoms with Gasteiger partial charge < -0.3 is 0 Å². The fourth-order valence-corrected chi connectivity index (χ4v) is 2.14. The third-order valence-electron chi connectivity index (χ3n) is 3.00. The van der Waals surface area contributed by atoms with E-state index in [4.69, 9.17) is 0 Å². The van der Waals surface area contributed by atoms with Gasteiger partial charge in [0, 0.05) is 11.4 Å². The number of aryl methyl sites for hydroxylation is 2. The van der Waals surface area contributed by atoms with E-state index in [0.717, 1.165) is 24.4 Å². The van der Waals surface area contributed by atoms with Crippen LogP contribution < -0.4 is 0 Å². The zero-order valence-corrected chi connectivity index (χ0v) is 9.09. The number of nitrogens with zero attached hydrogens (tertiary/aromatic N) is 2. The highest BCUT2D eigenvalue weighted by molar-refractivity contribution is 5.32. The van der Waals surface area contributed by atoms with Crippen molar-refractivity contribution in [2.75, 3.05) is 0 Å². The zero-order valence-electron chi connectivity index (χ0n) is 9.09. The highest BCUT2D eigenvalue weighted by Crippen LogP contribution is 2.30. The molecule has 0 aliphatic heterocycles. The quantitative estimate of drug-likeness (QED) is 0.632. The first-order chi connectivity index (χ1) is 6.58. The number of hydrogen-bond donors (Lipinski definition) is 0. The number of hydrogen-bond acceptors (Lipinski definition) is 2. The van der Waals surface area contributed by atoms with Crippen molar-refractivity contribution in [1.82, 2.24) is 9.97 Å². The normalized spacial score (nSPS) is 19.5. The van der Waals surface area contributed by atoms with Crippen LogP contribution in [-0.2, 0) is 12.8 Å². The molecule has 1 aliphatic carbocycles. The molecule has 2 rings (SSSR count). The maximum atomic E-state index is 4.49. The highest BCUT2D eigenvalue weighted by atomic mass is 14.9. The minimum absolute atomic E-state index is 0.583. The Labute approximate surface area is 85.1 Å². The molecule has 1 aliphatic rings. The summed E-state index contributed by atoms with van der Waals surface area (Å²) in [6, 6.07) is 0. The Morgan fingerprint density at radius 1 is 1.29 bits per heavy atom. The van der Waals surface area contributed by atoms with E-state index in [1.165, 1.54) is 16.8 Å². The average Bonchev–Trinajstić information content (AvgIpc) is 2.47. The molecule has 0 fully saturated rings. The first kappa shape index (κ1) is 9.38. The Morgan fingerprint density at radius 2 is 2.00 bits per heavy atom. The maximum absolute atomic E-state index is 4.49. The maximum Gasteiger partial charge on any atom is 0.125 e. The van der Waals surface area contributed by atoms with E-state index >= 15 is 0 Å². The van der Waals surface area contributed by atoms with Gasteiger partial charge in [-0.25, -0.2) is 9.97 Å². The van der Waals surface area contributed by atoms with Crippen LogP contribution in [0.1, 0.15) is 29.7 Å². The van der Waals surface area contributed by atoms with Crippen LogP contribution in [-0.4, -0.2) is 9.97 Å². The molecule has 0 spiro atoms. The summed E-state index contributed by atoms with van der Waals surface area (Å²) in [6.45, 7) is 10.2. The van der Waals surface area contributed by atoms with Gasteiger partial charge in [-0.3, -0.25) is 0 Å². The molecule has 1 aromatic heterocycles. The monoisotopic (exact) mass is 188 g/mol. The van der Waals surface area contributed by atoms with Crippen molar-refractivity contribution in [3.8, 4) is 0 Å². The van der Waals surface area contributed by atoms with E-state index in [0.29, 0.717) is 5.92 Å². The van der Waals surface area contributed by atoms with E-state index in [2.05, 4.69) is 30.4 Å². The third-order valence-corrected chi connectivity index (χ3v) is 3.00. The van der Waals surface area contributed by atoms with Crippen LogP contribution >= 0.6 is 0 Å². The molecule has 2 heteroatoms. The largest absolute Gasteiger partial charge is 0.238 e. The molecule has 2 nitrogen and oxygen atoms in total. The Kier molecular flexibility index (Phi) is 2.14. The molecule has 74 valence electrons. The molecular weight excluding hydrogens is 172 g/mol. The summed E-state index contributed by atoms with van der Waals surface area (Å²) in [5, 5.41) is 0. The topological polar surface area (TPSA) is 25.8 Å². The lowest BCUT2D eigenvalue weighted by Crippen LogP contribution is -1.99. The van der Waals surface area contributed by atoms with Crippen molar-refractivity contribution >= 4 is 0 Å². The van der Waals surface area contributed by atoms with E-state index in [1.54, 1.807) is 0 Å². The lowest BCUT2D eigenvalue weighted by molar-refractivity contribution is 0.656. The van der Waals surface area contributed by atoms with Gasteiger partial charge in [0.1, 0.15) is 5.82 Å². The first-order valence-corrected chi connectivity index (χ1v) is 5.06. The molecule has 0 N–H and O–H groups in total. The van der Waals surface area contributed by atoms with E-state index in [1.807, 2.05) is 6.92 Å². The number of rotatable bonds is 1. The van der Waals surface area contributed by atoms with E-state index < -0.39 is 0 Å². The summed E-state index contributed by atoms with van der Waals surface area (Å²) in [7, 11) is 0. The summed E-state index contributed by atoms with van der Waals surface area (Å²) in [6.07, 6.45) is 2.13. The lowest BCUT2D eigenvalue weighted by atomic mass is 9.99. The summed E-state index contributed by atoms with van der Waals surface area (Å²) < 4.78 is 0. The number of fused-ring (bicyclic) bond motifs is 1. The van der Waals surface area contributed by atoms with Crippen molar-refractivity contribution in [3.63, 3.8) is 0 Å². The van der Waals surface area contributed by atoms with Gasteiger partial charge in [-0.1, -0.05) is 12.2 Å². The first-order valence-electron chi connectivity index (χ1n) is 5.06. The standard InChI is InChI=1S/C12H16N2/c1-7(2)10-5-11-8(3)13-9(4)14-12(11)6-10/h10H,1,5-6H2,2-4H3. The SMILES string of the molecule is C=C(C)C1Cc2nc(C)nc(C)c2C1. The molecule has 1 aromatic rings. The van der Waals surface area contributed by atoms with Gasteiger partial charge in [0.25, 0.3) is 0 Å². The molecule has 1 heterocycles. The van der Waals surface area contributed by atoms with Gasteiger partial charge in [0.05, 0.1) is 0 Å². The molecule has 0 saturated heterocycles. The molecule has 0 aromatic carbocycles. The van der Waals surface area contributed by atoms with Crippen LogP contribution in [0.15, 0.2) is 12.2 Å². The average molecular weight is 188 g/mol. The Balaban J connectivity index is 2.39. The highest BCUT2D eigenvalue weighted by Gasteiger charge is 2.25. The van der Waals surface area contributed by atoms with Crippen molar-refractivity contribution in [3.05, 3.63) is 34.9 Å². The molecule has 1 atom stereocenters. The van der Waals surface area contributed by atoms with E-state index in [-0.39, 0.29) is 0 Å². The van der Waals surface area contributed by atoms with Gasteiger partial charge in [-0.05, 0) is 45.1 Å². The number of allylic oxidation sites excluding steroid dienone is 1. The van der Waals surface area contributed by atoms with Crippen molar-refractivity contribution in [2.45, 2.75) is 33.6 Å². The van der Waals surface area contributed by atoms with Gasteiger partial charge in [0.15, 0.2) is 0 Å². The van der Waals surface area contributed by atoms with Crippen LogP contribution in [0.4, 0.5) is 0 Å². The molecule has 0 bridgehead atoms. The predicted molar refractivity (Wildman–Crippen MR) is 57.2 cm³/mol. The molecule has 14 heavy (non-hydrogen) atoms. The molecule has 0 saturated carbocycles. The van der Waals surface area contributed by atoms with Gasteiger partial charge in [0.2, 0.25) is 0 Å². The smallest absolute Gasteiger partial charge is 0.125 e. The molecule has 1 unspecified atom stereocenters. The fraction of sp³-hybridized carbons (Fsp3) is 0.500. The van der Waals surface area contributed by atoms with Crippen molar-refractivity contribution in [2.24, 2.45) is 5.92 Å². The zero-order chi connectivity index (χ0) is 10.3. The Bertz CT molecular complexity index is 394. The van der Waals surface area contributed by atoms with Crippen LogP contribution in [0.25, 0.3) is 0 Å². The summed E-state index contributed by atoms with van der Waals surface area (Å²) in [5.41, 5.74) is 5.00. The second kappa shape index (κ2) is 3.19. The second-order valence-electron chi connectivity index (χ2n) is 4.23. The second-order valence-corrected chi connectivity index (χ2v) is 4.23. The van der Waals surface area contributed by atoms with E-state index in [9.17, 15) is 0 Å². The Morgan fingerprint density at radius 3 is 2.64 bits per heavy atom. The molecule has 0 radical (unpaired) electrons. The molecular formula is C12H16N2. The van der Waals surface area contributed by atoms with Gasteiger partial charge in [-0.2, -0.15) is 0 Å². The molecule has 0 amide bonds. The summed E-state index contributed by atoms with van der Waals surface area (Å²) in [5.74, 6) is 1.48. The lowest BCUT2D eigenvalue weighted by Gasteiger charge is -2.06. The predicted octanol–water partition coefficient (Wildman–Crippen LogP) is 2.38. The number of aromatic nitrogens is 2. The Hall–Kier alpha value is -1.18. The minimum atomic E-state index is 0.583. The van der Waals surface area contributed by atoms with Crippen molar-refractivity contribution < 1.29 is 0 Å². The van der Waals surface area contributed by atoms with Crippen LogP contribution in [0.2, 0.25) is 0 Å². The summed E-state index contributed by atoms with van der Waals surface area (Å²) in [4.78, 5) is 8.89. The minimum Gasteiger partial charge on any atom is -0.238 e. The van der Waals surface area contributed by atoms with Crippen LogP contribution in [0.3, 0.4) is 0 Å². The van der Waals surface area contributed by atoms with Crippen LogP contribution in [0.5, 0.6) is 0 Å². The summed E-state index contributed by atoms with van der Waals surface area (Å²) >= 11 is 0. The van der Waals surface area contributed by atoms with Gasteiger partial charge in [-0.15, -0.1) is 0 Å². The van der Waals surface area contributed by atoms with Gasteiger partial charge >= 0.3 is 0 Å². The van der Waals surface area contributed by atoms with Crippen LogP contribution in [0, 0.1) is 19.8 Å². The van der Waals surface area contributed by atoms with Crippen molar-refractivity contribution in [1.29, 1.82) is 0 Å².